The van der Waals surface area contributed by atoms with Crippen molar-refractivity contribution < 1.29 is 0 Å². The van der Waals surface area contributed by atoms with Crippen molar-refractivity contribution in [3.05, 3.63) is 18.2 Å². The van der Waals surface area contributed by atoms with E-state index in [1.165, 1.54) is 0 Å². The Kier molecular flexibility index (Phi) is 3.84. The van der Waals surface area contributed by atoms with Gasteiger partial charge in [0.25, 0.3) is 0 Å². The number of hydrogen-bond acceptors (Lipinski definition) is 3. The molecule has 0 aliphatic heterocycles. The molecule has 0 amide bonds. The largest absolute Gasteiger partial charge is 0.370 e. The molecule has 0 bridgehead atoms. The summed E-state index contributed by atoms with van der Waals surface area (Å²) in [7, 11) is 0. The third kappa shape index (κ3) is 3.38. The van der Waals surface area contributed by atoms with E-state index in [2.05, 4.69) is 20.3 Å². The summed E-state index contributed by atoms with van der Waals surface area (Å²) in [6.07, 6.45) is 4.33. The van der Waals surface area contributed by atoms with E-state index in [0.717, 1.165) is 24.5 Å². The minimum atomic E-state index is 0.402. The molecule has 0 atom stereocenters. The third-order valence-corrected chi connectivity index (χ3v) is 1.56. The summed E-state index contributed by atoms with van der Waals surface area (Å²) in [5.74, 6) is 1.14. The number of nitrogens with zero attached hydrogens (tertiary/aromatic N) is 3. The molecule has 0 spiro atoms. The lowest BCUT2D eigenvalue weighted by molar-refractivity contribution is 0.929. The van der Waals surface area contributed by atoms with Crippen LogP contribution >= 0.6 is 0 Å². The monoisotopic (exact) mass is 193 g/mol. The fraction of sp³-hybridized carbons (Fsp3) is 0.444. The van der Waals surface area contributed by atoms with Crippen LogP contribution in [-0.4, -0.2) is 22.5 Å². The van der Waals surface area contributed by atoms with Gasteiger partial charge in [0.15, 0.2) is 5.96 Å². The van der Waals surface area contributed by atoms with Crippen molar-refractivity contribution in [2.45, 2.75) is 20.3 Å². The summed E-state index contributed by atoms with van der Waals surface area (Å²) in [6, 6.07) is 0. The highest BCUT2D eigenvalue weighted by atomic mass is 15.1. The minimum Gasteiger partial charge on any atom is -0.370 e. The summed E-state index contributed by atoms with van der Waals surface area (Å²) in [5.41, 5.74) is 6.37. The molecule has 5 heteroatoms. The lowest BCUT2D eigenvalue weighted by Crippen LogP contribution is -2.23. The standard InChI is InChI=1S/C9H15N5/c1-3-4-11-9(10)14-8-5-12-7(2)13-6-8/h5-6H,3-4H2,1-2H3,(H3,10,11,14). The van der Waals surface area contributed by atoms with E-state index in [0.29, 0.717) is 5.96 Å². The summed E-state index contributed by atoms with van der Waals surface area (Å²) in [4.78, 5) is 12.1. The first-order chi connectivity index (χ1) is 6.72. The molecular formula is C9H15N5. The Morgan fingerprint density at radius 3 is 2.71 bits per heavy atom. The summed E-state index contributed by atoms with van der Waals surface area (Å²) in [6.45, 7) is 4.61. The van der Waals surface area contributed by atoms with E-state index >= 15 is 0 Å². The van der Waals surface area contributed by atoms with Gasteiger partial charge in [0.2, 0.25) is 0 Å². The normalized spacial score (nSPS) is 11.4. The predicted octanol–water partition coefficient (Wildman–Crippen LogP) is 0.922. The molecule has 1 rings (SSSR count). The molecule has 5 nitrogen and oxygen atoms in total. The maximum absolute atomic E-state index is 5.61. The van der Waals surface area contributed by atoms with Crippen molar-refractivity contribution in [3.63, 3.8) is 0 Å². The first kappa shape index (κ1) is 10.4. The maximum atomic E-state index is 5.61. The lowest BCUT2D eigenvalue weighted by Gasteiger charge is -2.03. The predicted molar refractivity (Wildman–Crippen MR) is 57.2 cm³/mol. The van der Waals surface area contributed by atoms with Gasteiger partial charge in [0, 0.05) is 6.54 Å². The Hall–Kier alpha value is -1.65. The van der Waals surface area contributed by atoms with Crippen LogP contribution in [0.1, 0.15) is 19.2 Å². The topological polar surface area (TPSA) is 76.2 Å². The highest BCUT2D eigenvalue weighted by molar-refractivity contribution is 5.91. The van der Waals surface area contributed by atoms with Gasteiger partial charge in [-0.2, -0.15) is 0 Å². The van der Waals surface area contributed by atoms with E-state index in [4.69, 9.17) is 5.73 Å². The number of aromatic nitrogens is 2. The molecule has 0 saturated carbocycles. The molecule has 0 fully saturated rings. The Morgan fingerprint density at radius 2 is 2.14 bits per heavy atom. The average molecular weight is 193 g/mol. The van der Waals surface area contributed by atoms with Crippen LogP contribution < -0.4 is 11.1 Å². The molecule has 14 heavy (non-hydrogen) atoms. The molecule has 3 N–H and O–H groups in total. The zero-order valence-electron chi connectivity index (χ0n) is 8.49. The van der Waals surface area contributed by atoms with Gasteiger partial charge < -0.3 is 11.1 Å². The first-order valence-corrected chi connectivity index (χ1v) is 4.58. The number of hydrogen-bond donors (Lipinski definition) is 2. The van der Waals surface area contributed by atoms with E-state index in [1.807, 2.05) is 13.8 Å². The Bertz CT molecular complexity index is 303. The molecular weight excluding hydrogens is 178 g/mol. The van der Waals surface area contributed by atoms with Gasteiger partial charge in [-0.05, 0) is 13.3 Å². The fourth-order valence-electron chi connectivity index (χ4n) is 0.877. The maximum Gasteiger partial charge on any atom is 0.193 e. The van der Waals surface area contributed by atoms with Crippen molar-refractivity contribution >= 4 is 11.6 Å². The van der Waals surface area contributed by atoms with Gasteiger partial charge in [-0.1, -0.05) is 6.92 Å². The van der Waals surface area contributed by atoms with Crippen LogP contribution in [0.5, 0.6) is 0 Å². The SMILES string of the molecule is CCCN=C(N)Nc1cnc(C)nc1. The molecule has 0 saturated heterocycles. The summed E-state index contributed by atoms with van der Waals surface area (Å²) < 4.78 is 0. The molecule has 76 valence electrons. The van der Waals surface area contributed by atoms with Crippen LogP contribution in [0.3, 0.4) is 0 Å². The average Bonchev–Trinajstić information content (AvgIpc) is 2.18. The second-order valence-electron chi connectivity index (χ2n) is 2.91. The van der Waals surface area contributed by atoms with Crippen LogP contribution in [0.4, 0.5) is 5.69 Å². The first-order valence-electron chi connectivity index (χ1n) is 4.58. The van der Waals surface area contributed by atoms with Gasteiger partial charge in [-0.15, -0.1) is 0 Å². The quantitative estimate of drug-likeness (QED) is 0.553. The number of aryl methyl sites for hydroxylation is 1. The second-order valence-corrected chi connectivity index (χ2v) is 2.91. The molecule has 0 aliphatic rings. The van der Waals surface area contributed by atoms with Crippen LogP contribution in [0.2, 0.25) is 0 Å². The highest BCUT2D eigenvalue weighted by Crippen LogP contribution is 2.01. The van der Waals surface area contributed by atoms with Gasteiger partial charge in [0.1, 0.15) is 5.82 Å². The smallest absolute Gasteiger partial charge is 0.193 e. The highest BCUT2D eigenvalue weighted by Gasteiger charge is 1.94. The molecule has 0 aliphatic carbocycles. The number of anilines is 1. The van der Waals surface area contributed by atoms with Gasteiger partial charge in [-0.3, -0.25) is 4.99 Å². The van der Waals surface area contributed by atoms with Gasteiger partial charge in [-0.25, -0.2) is 9.97 Å². The van der Waals surface area contributed by atoms with E-state index in [-0.39, 0.29) is 0 Å². The second kappa shape index (κ2) is 5.16. The number of aliphatic imine (C=N–C) groups is 1. The van der Waals surface area contributed by atoms with E-state index in [1.54, 1.807) is 12.4 Å². The summed E-state index contributed by atoms with van der Waals surface area (Å²) in [5, 5.41) is 2.91. The number of nitrogens with one attached hydrogen (secondary N) is 1. The zero-order chi connectivity index (χ0) is 10.4. The molecule has 1 heterocycles. The number of nitrogens with two attached hydrogens (primary N) is 1. The lowest BCUT2D eigenvalue weighted by atomic mass is 10.5. The molecule has 0 aromatic carbocycles. The zero-order valence-corrected chi connectivity index (χ0v) is 8.49. The molecule has 1 aromatic rings. The van der Waals surface area contributed by atoms with Crippen molar-refractivity contribution in [2.24, 2.45) is 10.7 Å². The number of rotatable bonds is 3. The van der Waals surface area contributed by atoms with Crippen molar-refractivity contribution in [2.75, 3.05) is 11.9 Å². The fourth-order valence-corrected chi connectivity index (χ4v) is 0.877. The minimum absolute atomic E-state index is 0.402. The van der Waals surface area contributed by atoms with Crippen molar-refractivity contribution in [3.8, 4) is 0 Å². The van der Waals surface area contributed by atoms with Crippen LogP contribution in [0.15, 0.2) is 17.4 Å². The summed E-state index contributed by atoms with van der Waals surface area (Å²) >= 11 is 0. The van der Waals surface area contributed by atoms with Crippen molar-refractivity contribution in [1.29, 1.82) is 0 Å². The Morgan fingerprint density at radius 1 is 1.50 bits per heavy atom. The number of guanidine groups is 1. The van der Waals surface area contributed by atoms with E-state index < -0.39 is 0 Å². The molecule has 1 aromatic heterocycles. The Balaban J connectivity index is 2.56. The van der Waals surface area contributed by atoms with Gasteiger partial charge >= 0.3 is 0 Å². The van der Waals surface area contributed by atoms with Gasteiger partial charge in [0.05, 0.1) is 18.1 Å². The van der Waals surface area contributed by atoms with Crippen LogP contribution in [-0.2, 0) is 0 Å². The van der Waals surface area contributed by atoms with Crippen LogP contribution in [0.25, 0.3) is 0 Å². The van der Waals surface area contributed by atoms with Crippen LogP contribution in [0, 0.1) is 6.92 Å². The molecule has 0 radical (unpaired) electrons. The third-order valence-electron chi connectivity index (χ3n) is 1.56. The van der Waals surface area contributed by atoms with E-state index in [9.17, 15) is 0 Å². The molecule has 0 unspecified atom stereocenters. The van der Waals surface area contributed by atoms with Crippen molar-refractivity contribution in [1.82, 2.24) is 9.97 Å². The Labute approximate surface area is 83.5 Å².